The van der Waals surface area contributed by atoms with Crippen LogP contribution in [-0.4, -0.2) is 13.1 Å². The molecule has 1 nitrogen and oxygen atoms in total. The minimum absolute atomic E-state index is 0. The predicted octanol–water partition coefficient (Wildman–Crippen LogP) is 3.20. The molecule has 0 aliphatic heterocycles. The Balaban J connectivity index is 0. The summed E-state index contributed by atoms with van der Waals surface area (Å²) < 4.78 is 0. The Morgan fingerprint density at radius 1 is 1.18 bits per heavy atom. The monoisotopic (exact) mass is 159 g/mol. The van der Waals surface area contributed by atoms with Crippen LogP contribution in [0, 0.1) is 0 Å². The molecule has 0 aromatic carbocycles. The van der Waals surface area contributed by atoms with Crippen molar-refractivity contribution in [3.05, 3.63) is 0 Å². The summed E-state index contributed by atoms with van der Waals surface area (Å²) >= 11 is 0. The molecular weight excluding hydrogens is 134 g/mol. The van der Waals surface area contributed by atoms with Gasteiger partial charge in [-0.3, -0.25) is 0 Å². The molecule has 0 spiro atoms. The Hall–Kier alpha value is -0.0400. The van der Waals surface area contributed by atoms with E-state index in [1.165, 1.54) is 38.5 Å². The summed E-state index contributed by atoms with van der Waals surface area (Å²) in [6, 6.07) is 0.837. The summed E-state index contributed by atoms with van der Waals surface area (Å²) in [5.41, 5.74) is 0. The van der Waals surface area contributed by atoms with Gasteiger partial charge in [-0.25, -0.2) is 0 Å². The molecule has 0 heterocycles. The third kappa shape index (κ3) is 6.36. The summed E-state index contributed by atoms with van der Waals surface area (Å²) in [5, 5.41) is 3.30. The highest BCUT2D eigenvalue weighted by atomic mass is 14.9. The maximum atomic E-state index is 3.30. The van der Waals surface area contributed by atoms with Gasteiger partial charge < -0.3 is 5.32 Å². The number of nitrogens with one attached hydrogen (secondary N) is 1. The molecule has 0 radical (unpaired) electrons. The normalized spacial score (nSPS) is 18.8. The summed E-state index contributed by atoms with van der Waals surface area (Å²) in [6.45, 7) is 4.25. The molecule has 1 rings (SSSR count). The Morgan fingerprint density at radius 3 is 1.91 bits per heavy atom. The van der Waals surface area contributed by atoms with Crippen LogP contribution in [-0.2, 0) is 0 Å². The SMILES string of the molecule is CCC.CNC1CCCCC1.[HH]. The van der Waals surface area contributed by atoms with Gasteiger partial charge in [0.05, 0.1) is 0 Å². The fourth-order valence-electron chi connectivity index (χ4n) is 1.39. The van der Waals surface area contributed by atoms with Crippen molar-refractivity contribution in [2.24, 2.45) is 0 Å². The molecule has 1 heteroatoms. The zero-order chi connectivity index (χ0) is 8.53. The number of hydrogen-bond acceptors (Lipinski definition) is 1. The highest BCUT2D eigenvalue weighted by molar-refractivity contribution is 4.68. The lowest BCUT2D eigenvalue weighted by Gasteiger charge is -2.20. The highest BCUT2D eigenvalue weighted by Crippen LogP contribution is 2.16. The Bertz CT molecular complexity index is 70.2. The molecule has 0 bridgehead atoms. The van der Waals surface area contributed by atoms with Gasteiger partial charge in [0.25, 0.3) is 0 Å². The van der Waals surface area contributed by atoms with E-state index in [4.69, 9.17) is 0 Å². The molecule has 1 fully saturated rings. The van der Waals surface area contributed by atoms with Crippen LogP contribution in [0.4, 0.5) is 0 Å². The molecule has 1 N–H and O–H groups in total. The molecule has 0 aromatic heterocycles. The molecule has 1 aliphatic rings. The van der Waals surface area contributed by atoms with Crippen molar-refractivity contribution in [1.29, 1.82) is 0 Å². The van der Waals surface area contributed by atoms with E-state index >= 15 is 0 Å². The Kier molecular flexibility index (Phi) is 8.03. The average molecular weight is 159 g/mol. The van der Waals surface area contributed by atoms with Crippen LogP contribution >= 0.6 is 0 Å². The van der Waals surface area contributed by atoms with Crippen molar-refractivity contribution in [3.63, 3.8) is 0 Å². The topological polar surface area (TPSA) is 12.0 Å². The third-order valence-electron chi connectivity index (χ3n) is 2.01. The van der Waals surface area contributed by atoms with Gasteiger partial charge >= 0.3 is 0 Å². The van der Waals surface area contributed by atoms with Gasteiger partial charge in [0, 0.05) is 7.47 Å². The molecular formula is C10H25N. The van der Waals surface area contributed by atoms with E-state index in [1.807, 2.05) is 0 Å². The fourth-order valence-corrected chi connectivity index (χ4v) is 1.39. The van der Waals surface area contributed by atoms with Gasteiger partial charge in [-0.1, -0.05) is 39.5 Å². The van der Waals surface area contributed by atoms with Gasteiger partial charge in [0.1, 0.15) is 0 Å². The summed E-state index contributed by atoms with van der Waals surface area (Å²) in [5.74, 6) is 0. The van der Waals surface area contributed by atoms with Crippen LogP contribution in [0.3, 0.4) is 0 Å². The zero-order valence-electron chi connectivity index (χ0n) is 8.32. The second-order valence-electron chi connectivity index (χ2n) is 3.33. The first kappa shape index (κ1) is 11.0. The maximum Gasteiger partial charge on any atom is 0.00640 e. The molecule has 0 atom stereocenters. The van der Waals surface area contributed by atoms with E-state index in [0.717, 1.165) is 6.04 Å². The van der Waals surface area contributed by atoms with Crippen LogP contribution in [0.25, 0.3) is 0 Å². The van der Waals surface area contributed by atoms with Crippen molar-refractivity contribution in [2.75, 3.05) is 7.05 Å². The molecule has 0 unspecified atom stereocenters. The van der Waals surface area contributed by atoms with Crippen LogP contribution in [0.15, 0.2) is 0 Å². The van der Waals surface area contributed by atoms with E-state index in [9.17, 15) is 0 Å². The van der Waals surface area contributed by atoms with Crippen molar-refractivity contribution >= 4 is 0 Å². The Morgan fingerprint density at radius 2 is 1.64 bits per heavy atom. The van der Waals surface area contributed by atoms with Crippen molar-refractivity contribution in [2.45, 2.75) is 58.4 Å². The molecule has 11 heavy (non-hydrogen) atoms. The minimum Gasteiger partial charge on any atom is -0.317 e. The predicted molar refractivity (Wildman–Crippen MR) is 54.0 cm³/mol. The van der Waals surface area contributed by atoms with Crippen molar-refractivity contribution in [1.82, 2.24) is 5.32 Å². The molecule has 1 aliphatic carbocycles. The van der Waals surface area contributed by atoms with Crippen LogP contribution in [0.5, 0.6) is 0 Å². The van der Waals surface area contributed by atoms with Gasteiger partial charge in [0.15, 0.2) is 0 Å². The van der Waals surface area contributed by atoms with Gasteiger partial charge in [0.2, 0.25) is 0 Å². The van der Waals surface area contributed by atoms with Crippen LogP contribution in [0.1, 0.15) is 53.8 Å². The fraction of sp³-hybridized carbons (Fsp3) is 1.00. The standard InChI is InChI=1S/C7H15N.C3H8.H2/c1-8-7-5-3-2-4-6-7;1-3-2;/h7-8H,2-6H2,1H3;3H2,1-2H3;1H. The lowest BCUT2D eigenvalue weighted by atomic mass is 9.96. The lowest BCUT2D eigenvalue weighted by Crippen LogP contribution is -2.26. The molecule has 0 saturated heterocycles. The number of rotatable bonds is 1. The molecule has 0 aromatic rings. The second-order valence-corrected chi connectivity index (χ2v) is 3.33. The van der Waals surface area contributed by atoms with Crippen LogP contribution in [0.2, 0.25) is 0 Å². The van der Waals surface area contributed by atoms with Crippen molar-refractivity contribution in [3.8, 4) is 0 Å². The average Bonchev–Trinajstić information content (AvgIpc) is 2.08. The van der Waals surface area contributed by atoms with Gasteiger partial charge in [-0.2, -0.15) is 0 Å². The quantitative estimate of drug-likeness (QED) is 0.619. The summed E-state index contributed by atoms with van der Waals surface area (Å²) in [6.07, 6.45) is 8.38. The summed E-state index contributed by atoms with van der Waals surface area (Å²) in [4.78, 5) is 0. The third-order valence-corrected chi connectivity index (χ3v) is 2.01. The largest absolute Gasteiger partial charge is 0.317 e. The maximum absolute atomic E-state index is 3.30. The minimum atomic E-state index is 0. The van der Waals surface area contributed by atoms with E-state index in [0.29, 0.717) is 0 Å². The van der Waals surface area contributed by atoms with Crippen LogP contribution < -0.4 is 5.32 Å². The molecule has 70 valence electrons. The van der Waals surface area contributed by atoms with Crippen molar-refractivity contribution < 1.29 is 1.43 Å². The highest BCUT2D eigenvalue weighted by Gasteiger charge is 2.09. The van der Waals surface area contributed by atoms with E-state index in [-0.39, 0.29) is 1.43 Å². The Labute approximate surface area is 73.1 Å². The number of hydrogen-bond donors (Lipinski definition) is 1. The molecule has 0 amide bonds. The first-order valence-corrected chi connectivity index (χ1v) is 5.02. The first-order chi connectivity index (χ1) is 5.35. The van der Waals surface area contributed by atoms with Gasteiger partial charge in [-0.05, 0) is 19.9 Å². The molecule has 1 saturated carbocycles. The van der Waals surface area contributed by atoms with E-state index < -0.39 is 0 Å². The second kappa shape index (κ2) is 8.06. The first-order valence-electron chi connectivity index (χ1n) is 5.02. The van der Waals surface area contributed by atoms with Gasteiger partial charge in [-0.15, -0.1) is 0 Å². The smallest absolute Gasteiger partial charge is 0.00640 e. The summed E-state index contributed by atoms with van der Waals surface area (Å²) in [7, 11) is 2.07. The van der Waals surface area contributed by atoms with E-state index in [2.05, 4.69) is 26.2 Å². The lowest BCUT2D eigenvalue weighted by molar-refractivity contribution is 0.394. The zero-order valence-corrected chi connectivity index (χ0v) is 8.32. The van der Waals surface area contributed by atoms with E-state index in [1.54, 1.807) is 0 Å².